The average Bonchev–Trinajstić information content (AvgIpc) is 2.35. The van der Waals surface area contributed by atoms with E-state index in [1.54, 1.807) is 31.4 Å². The lowest BCUT2D eigenvalue weighted by Gasteiger charge is -2.16. The van der Waals surface area contributed by atoms with Crippen molar-refractivity contribution in [3.63, 3.8) is 0 Å². The van der Waals surface area contributed by atoms with E-state index in [2.05, 4.69) is 10.0 Å². The second kappa shape index (κ2) is 5.97. The van der Waals surface area contributed by atoms with Crippen LogP contribution in [0.15, 0.2) is 29.4 Å². The fourth-order valence-electron chi connectivity index (χ4n) is 1.29. The molecule has 16 heavy (non-hydrogen) atoms. The third-order valence-electron chi connectivity index (χ3n) is 2.21. The monoisotopic (exact) mass is 223 g/mol. The second-order valence-corrected chi connectivity index (χ2v) is 3.17. The van der Waals surface area contributed by atoms with Crippen LogP contribution < -0.4 is 4.74 Å². The molecule has 0 heterocycles. The third-order valence-corrected chi connectivity index (χ3v) is 2.21. The van der Waals surface area contributed by atoms with E-state index in [0.717, 1.165) is 0 Å². The predicted molar refractivity (Wildman–Crippen MR) is 58.0 cm³/mol. The first-order chi connectivity index (χ1) is 7.72. The SMILES string of the molecule is COc1ccc(C(O)C(CO)N=[N+]=[N-])cc1. The molecule has 0 bridgehead atoms. The summed E-state index contributed by atoms with van der Waals surface area (Å²) in [7, 11) is 1.54. The molecule has 0 spiro atoms. The lowest BCUT2D eigenvalue weighted by atomic mass is 10.0. The Balaban J connectivity index is 2.85. The van der Waals surface area contributed by atoms with Gasteiger partial charge in [0.05, 0.1) is 25.9 Å². The highest BCUT2D eigenvalue weighted by molar-refractivity contribution is 5.29. The summed E-state index contributed by atoms with van der Waals surface area (Å²) in [4.78, 5) is 2.57. The molecule has 0 fully saturated rings. The summed E-state index contributed by atoms with van der Waals surface area (Å²) in [6, 6.07) is 5.79. The fourth-order valence-corrected chi connectivity index (χ4v) is 1.29. The molecule has 2 N–H and O–H groups in total. The Morgan fingerprint density at radius 2 is 2.06 bits per heavy atom. The molecule has 0 amide bonds. The Bertz CT molecular complexity index is 373. The Kier molecular flexibility index (Phi) is 4.60. The molecule has 86 valence electrons. The van der Waals surface area contributed by atoms with Crippen LogP contribution in [-0.2, 0) is 0 Å². The van der Waals surface area contributed by atoms with Crippen LogP contribution in [0.1, 0.15) is 11.7 Å². The van der Waals surface area contributed by atoms with E-state index in [1.807, 2.05) is 0 Å². The van der Waals surface area contributed by atoms with Gasteiger partial charge in [0, 0.05) is 4.91 Å². The second-order valence-electron chi connectivity index (χ2n) is 3.17. The van der Waals surface area contributed by atoms with E-state index in [-0.39, 0.29) is 0 Å². The molecule has 0 aliphatic heterocycles. The number of benzene rings is 1. The molecule has 2 atom stereocenters. The highest BCUT2D eigenvalue weighted by Crippen LogP contribution is 2.21. The molecule has 0 saturated carbocycles. The third kappa shape index (κ3) is 2.87. The van der Waals surface area contributed by atoms with Gasteiger partial charge in [-0.3, -0.25) is 0 Å². The van der Waals surface area contributed by atoms with E-state index in [4.69, 9.17) is 15.4 Å². The molecule has 1 rings (SSSR count). The van der Waals surface area contributed by atoms with Gasteiger partial charge >= 0.3 is 0 Å². The molecule has 0 aliphatic rings. The Morgan fingerprint density at radius 1 is 1.44 bits per heavy atom. The maximum Gasteiger partial charge on any atom is 0.118 e. The van der Waals surface area contributed by atoms with Crippen LogP contribution in [0.4, 0.5) is 0 Å². The number of hydrogen-bond acceptors (Lipinski definition) is 4. The van der Waals surface area contributed by atoms with Crippen molar-refractivity contribution in [3.05, 3.63) is 40.3 Å². The average molecular weight is 223 g/mol. The smallest absolute Gasteiger partial charge is 0.118 e. The number of hydrogen-bond donors (Lipinski definition) is 2. The lowest BCUT2D eigenvalue weighted by molar-refractivity contribution is 0.109. The minimum atomic E-state index is -1.02. The van der Waals surface area contributed by atoms with Crippen molar-refractivity contribution < 1.29 is 14.9 Å². The normalized spacial score (nSPS) is 13.7. The molecule has 0 aromatic heterocycles. The topological polar surface area (TPSA) is 98.5 Å². The van der Waals surface area contributed by atoms with E-state index in [9.17, 15) is 5.11 Å². The van der Waals surface area contributed by atoms with Crippen LogP contribution in [0, 0.1) is 0 Å². The van der Waals surface area contributed by atoms with Crippen molar-refractivity contribution in [2.45, 2.75) is 12.1 Å². The molecular formula is C10H13N3O3. The largest absolute Gasteiger partial charge is 0.497 e. The van der Waals surface area contributed by atoms with Gasteiger partial charge in [0.2, 0.25) is 0 Å². The van der Waals surface area contributed by atoms with E-state index < -0.39 is 18.8 Å². The molecule has 1 aromatic rings. The maximum atomic E-state index is 9.81. The van der Waals surface area contributed by atoms with Crippen molar-refractivity contribution in [1.29, 1.82) is 0 Å². The number of methoxy groups -OCH3 is 1. The minimum Gasteiger partial charge on any atom is -0.497 e. The number of aliphatic hydroxyl groups is 2. The molecule has 0 saturated heterocycles. The van der Waals surface area contributed by atoms with Crippen molar-refractivity contribution in [2.75, 3.05) is 13.7 Å². The van der Waals surface area contributed by atoms with Gasteiger partial charge in [0.15, 0.2) is 0 Å². The van der Waals surface area contributed by atoms with Gasteiger partial charge in [-0.25, -0.2) is 0 Å². The number of ether oxygens (including phenoxy) is 1. The van der Waals surface area contributed by atoms with Crippen LogP contribution in [0.3, 0.4) is 0 Å². The molecule has 6 nitrogen and oxygen atoms in total. The van der Waals surface area contributed by atoms with Crippen molar-refractivity contribution in [3.8, 4) is 5.75 Å². The molecule has 6 heteroatoms. The van der Waals surface area contributed by atoms with E-state index in [1.165, 1.54) is 0 Å². The predicted octanol–water partition coefficient (Wildman–Crippen LogP) is 1.40. The first-order valence-corrected chi connectivity index (χ1v) is 4.70. The Morgan fingerprint density at radius 3 is 2.50 bits per heavy atom. The summed E-state index contributed by atoms with van der Waals surface area (Å²) in [5, 5.41) is 22.1. The van der Waals surface area contributed by atoms with Crippen LogP contribution in [-0.4, -0.2) is 30.0 Å². The zero-order valence-corrected chi connectivity index (χ0v) is 8.82. The highest BCUT2D eigenvalue weighted by Gasteiger charge is 2.18. The van der Waals surface area contributed by atoms with Gasteiger partial charge in [-0.05, 0) is 23.2 Å². The van der Waals surface area contributed by atoms with Crippen molar-refractivity contribution in [1.82, 2.24) is 0 Å². The van der Waals surface area contributed by atoms with Crippen LogP contribution in [0.5, 0.6) is 5.75 Å². The van der Waals surface area contributed by atoms with Gasteiger partial charge < -0.3 is 14.9 Å². The van der Waals surface area contributed by atoms with Crippen molar-refractivity contribution in [2.24, 2.45) is 5.11 Å². The summed E-state index contributed by atoms with van der Waals surface area (Å²) in [6.07, 6.45) is -1.02. The minimum absolute atomic E-state index is 0.406. The standard InChI is InChI=1S/C10H13N3O3/c1-16-8-4-2-7(3-5-8)10(15)9(6-14)12-13-11/h2-5,9-10,14-15H,6H2,1H3. The Hall–Kier alpha value is -1.75. The maximum absolute atomic E-state index is 9.81. The number of rotatable bonds is 5. The van der Waals surface area contributed by atoms with E-state index in [0.29, 0.717) is 11.3 Å². The number of aliphatic hydroxyl groups excluding tert-OH is 2. The van der Waals surface area contributed by atoms with E-state index >= 15 is 0 Å². The highest BCUT2D eigenvalue weighted by atomic mass is 16.5. The molecule has 2 unspecified atom stereocenters. The summed E-state index contributed by atoms with van der Waals surface area (Å²) in [6.45, 7) is -0.406. The fraction of sp³-hybridized carbons (Fsp3) is 0.400. The molecule has 1 aromatic carbocycles. The van der Waals surface area contributed by atoms with Gasteiger partial charge in [0.1, 0.15) is 5.75 Å². The van der Waals surface area contributed by atoms with Crippen LogP contribution in [0.2, 0.25) is 0 Å². The first-order valence-electron chi connectivity index (χ1n) is 4.70. The van der Waals surface area contributed by atoms with Gasteiger partial charge in [0.25, 0.3) is 0 Å². The first kappa shape index (κ1) is 12.3. The van der Waals surface area contributed by atoms with Gasteiger partial charge in [-0.15, -0.1) is 0 Å². The summed E-state index contributed by atoms with van der Waals surface area (Å²) in [5.74, 6) is 0.667. The summed E-state index contributed by atoms with van der Waals surface area (Å²) >= 11 is 0. The van der Waals surface area contributed by atoms with Crippen LogP contribution >= 0.6 is 0 Å². The molecule has 0 aliphatic carbocycles. The Labute approximate surface area is 92.7 Å². The quantitative estimate of drug-likeness (QED) is 0.448. The van der Waals surface area contributed by atoms with Gasteiger partial charge in [-0.2, -0.15) is 0 Å². The lowest BCUT2D eigenvalue weighted by Crippen LogP contribution is -2.19. The van der Waals surface area contributed by atoms with Crippen molar-refractivity contribution >= 4 is 0 Å². The number of azide groups is 1. The van der Waals surface area contributed by atoms with Crippen LogP contribution in [0.25, 0.3) is 10.4 Å². The summed E-state index contributed by atoms with van der Waals surface area (Å²) < 4.78 is 4.97. The molecule has 0 radical (unpaired) electrons. The zero-order chi connectivity index (χ0) is 12.0. The zero-order valence-electron chi connectivity index (χ0n) is 8.82. The summed E-state index contributed by atoms with van der Waals surface area (Å²) in [5.41, 5.74) is 8.82. The molecular weight excluding hydrogens is 210 g/mol. The van der Waals surface area contributed by atoms with Gasteiger partial charge in [-0.1, -0.05) is 17.2 Å². The number of nitrogens with zero attached hydrogens (tertiary/aromatic N) is 3.